The molecule has 1 heterocycles. The van der Waals surface area contributed by atoms with Crippen LogP contribution in [-0.4, -0.2) is 24.4 Å². The molecule has 0 saturated heterocycles. The highest BCUT2D eigenvalue weighted by molar-refractivity contribution is 7.14. The second kappa shape index (κ2) is 6.81. The minimum atomic E-state index is -0.753. The Labute approximate surface area is 128 Å². The molecule has 0 saturated carbocycles. The van der Waals surface area contributed by atoms with Gasteiger partial charge in [0.05, 0.1) is 11.1 Å². The third-order valence-corrected chi connectivity index (χ3v) is 3.43. The highest BCUT2D eigenvalue weighted by atomic mass is 32.1. The number of nitrogens with two attached hydrogens (primary N) is 1. The molecule has 2 aromatic rings. The Balaban J connectivity index is 1.90. The molecule has 1 aromatic carbocycles. The summed E-state index contributed by atoms with van der Waals surface area (Å²) in [6.07, 6.45) is 0. The largest absolute Gasteiger partial charge is 0.452 e. The molecule has 0 aliphatic carbocycles. The molecule has 0 aliphatic rings. The van der Waals surface area contributed by atoms with E-state index < -0.39 is 30.2 Å². The number of hydrogen-bond donors (Lipinski definition) is 2. The molecule has 2 amide bonds. The molecule has 2 rings (SSSR count). The Morgan fingerprint density at radius 3 is 2.50 bits per heavy atom. The van der Waals surface area contributed by atoms with Gasteiger partial charge in [0.25, 0.3) is 11.8 Å². The first kappa shape index (κ1) is 15.6. The molecule has 6 nitrogen and oxygen atoms in total. The first-order valence-electron chi connectivity index (χ1n) is 6.07. The number of ether oxygens (including phenoxy) is 1. The number of carbonyl (C=O) groups is 3. The van der Waals surface area contributed by atoms with Crippen LogP contribution >= 0.6 is 11.3 Å². The Bertz CT molecular complexity index is 712. The van der Waals surface area contributed by atoms with Gasteiger partial charge in [0, 0.05) is 0 Å². The molecule has 8 heteroatoms. The van der Waals surface area contributed by atoms with Crippen LogP contribution in [-0.2, 0) is 9.53 Å². The fourth-order valence-corrected chi connectivity index (χ4v) is 2.37. The van der Waals surface area contributed by atoms with E-state index in [1.165, 1.54) is 18.2 Å². The van der Waals surface area contributed by atoms with Crippen LogP contribution in [0.2, 0.25) is 0 Å². The summed E-state index contributed by atoms with van der Waals surface area (Å²) in [7, 11) is 0. The molecule has 3 N–H and O–H groups in total. The minimum absolute atomic E-state index is 0.128. The zero-order chi connectivity index (χ0) is 16.1. The monoisotopic (exact) mass is 322 g/mol. The lowest BCUT2D eigenvalue weighted by molar-refractivity contribution is -0.119. The molecule has 0 spiro atoms. The Hall–Kier alpha value is -2.74. The predicted octanol–water partition coefficient (Wildman–Crippen LogP) is 1.78. The van der Waals surface area contributed by atoms with E-state index in [0.29, 0.717) is 0 Å². The van der Waals surface area contributed by atoms with Gasteiger partial charge in [-0.1, -0.05) is 0 Å². The number of thiophene rings is 1. The van der Waals surface area contributed by atoms with E-state index in [2.05, 4.69) is 5.32 Å². The van der Waals surface area contributed by atoms with Crippen molar-refractivity contribution in [1.29, 1.82) is 0 Å². The predicted molar refractivity (Wildman–Crippen MR) is 78.1 cm³/mol. The van der Waals surface area contributed by atoms with Gasteiger partial charge in [0.15, 0.2) is 6.61 Å². The third-order valence-electron chi connectivity index (χ3n) is 2.60. The number of primary amides is 1. The number of benzene rings is 1. The summed E-state index contributed by atoms with van der Waals surface area (Å²) >= 11 is 1.12. The average Bonchev–Trinajstić information content (AvgIpc) is 2.94. The standard InChI is InChI=1S/C14H11FN2O4S/c15-9-3-1-8(2-4-9)14(20)21-7-11(18)17-13-10(12(16)19)5-6-22-13/h1-6H,7H2,(H2,16,19)(H,17,18). The van der Waals surface area contributed by atoms with E-state index in [1.54, 1.807) is 5.38 Å². The summed E-state index contributed by atoms with van der Waals surface area (Å²) < 4.78 is 17.5. The van der Waals surface area contributed by atoms with Crippen LogP contribution in [0.1, 0.15) is 20.7 Å². The van der Waals surface area contributed by atoms with Crippen LogP contribution in [0.25, 0.3) is 0 Å². The SMILES string of the molecule is NC(=O)c1ccsc1NC(=O)COC(=O)c1ccc(F)cc1. The first-order chi connectivity index (χ1) is 10.5. The molecule has 114 valence electrons. The lowest BCUT2D eigenvalue weighted by Crippen LogP contribution is -2.22. The van der Waals surface area contributed by atoms with Gasteiger partial charge in [-0.2, -0.15) is 0 Å². The molecule has 0 bridgehead atoms. The van der Waals surface area contributed by atoms with Crippen LogP contribution < -0.4 is 11.1 Å². The van der Waals surface area contributed by atoms with Crippen molar-refractivity contribution in [3.05, 3.63) is 52.7 Å². The smallest absolute Gasteiger partial charge is 0.338 e. The van der Waals surface area contributed by atoms with Gasteiger partial charge in [0.1, 0.15) is 10.8 Å². The number of hydrogen-bond acceptors (Lipinski definition) is 5. The molecule has 0 atom stereocenters. The van der Waals surface area contributed by atoms with Gasteiger partial charge in [-0.3, -0.25) is 9.59 Å². The van der Waals surface area contributed by atoms with E-state index in [-0.39, 0.29) is 16.1 Å². The van der Waals surface area contributed by atoms with Crippen LogP contribution in [0.4, 0.5) is 9.39 Å². The van der Waals surface area contributed by atoms with Gasteiger partial charge in [-0.15, -0.1) is 11.3 Å². The van der Waals surface area contributed by atoms with Crippen molar-refractivity contribution in [2.45, 2.75) is 0 Å². The van der Waals surface area contributed by atoms with E-state index in [1.807, 2.05) is 0 Å². The Morgan fingerprint density at radius 2 is 1.86 bits per heavy atom. The number of anilines is 1. The summed E-state index contributed by atoms with van der Waals surface area (Å²) in [6.45, 7) is -0.535. The molecule has 0 fully saturated rings. The summed E-state index contributed by atoms with van der Waals surface area (Å²) in [5, 5.41) is 4.31. The van der Waals surface area contributed by atoms with Gasteiger partial charge in [-0.25, -0.2) is 9.18 Å². The zero-order valence-corrected chi connectivity index (χ0v) is 12.0. The van der Waals surface area contributed by atoms with Crippen molar-refractivity contribution in [2.24, 2.45) is 5.73 Å². The topological polar surface area (TPSA) is 98.5 Å². The fourth-order valence-electron chi connectivity index (χ4n) is 1.56. The van der Waals surface area contributed by atoms with Gasteiger partial charge in [0.2, 0.25) is 0 Å². The number of nitrogens with one attached hydrogen (secondary N) is 1. The lowest BCUT2D eigenvalue weighted by Gasteiger charge is -2.06. The minimum Gasteiger partial charge on any atom is -0.452 e. The third kappa shape index (κ3) is 3.89. The Kier molecular flexibility index (Phi) is 4.84. The maximum atomic E-state index is 12.7. The lowest BCUT2D eigenvalue weighted by atomic mass is 10.2. The fraction of sp³-hybridized carbons (Fsp3) is 0.0714. The maximum absolute atomic E-state index is 12.7. The quantitative estimate of drug-likeness (QED) is 0.820. The highest BCUT2D eigenvalue weighted by Gasteiger charge is 2.14. The van der Waals surface area contributed by atoms with Gasteiger partial charge < -0.3 is 15.8 Å². The van der Waals surface area contributed by atoms with Crippen molar-refractivity contribution < 1.29 is 23.5 Å². The second-order valence-corrected chi connectivity index (χ2v) is 5.07. The second-order valence-electron chi connectivity index (χ2n) is 4.16. The number of rotatable bonds is 5. The summed E-state index contributed by atoms with van der Waals surface area (Å²) in [5.74, 6) is -2.51. The van der Waals surface area contributed by atoms with Crippen molar-refractivity contribution in [3.8, 4) is 0 Å². The summed E-state index contributed by atoms with van der Waals surface area (Å²) in [6, 6.07) is 6.20. The van der Waals surface area contributed by atoms with Gasteiger partial charge >= 0.3 is 5.97 Å². The number of halogens is 1. The number of carbonyl (C=O) groups excluding carboxylic acids is 3. The molecule has 0 radical (unpaired) electrons. The zero-order valence-electron chi connectivity index (χ0n) is 11.2. The van der Waals surface area contributed by atoms with E-state index in [4.69, 9.17) is 10.5 Å². The highest BCUT2D eigenvalue weighted by Crippen LogP contribution is 2.22. The summed E-state index contributed by atoms with van der Waals surface area (Å²) in [5.41, 5.74) is 5.46. The average molecular weight is 322 g/mol. The molecule has 0 aliphatic heterocycles. The van der Waals surface area contributed by atoms with Crippen molar-refractivity contribution in [2.75, 3.05) is 11.9 Å². The maximum Gasteiger partial charge on any atom is 0.338 e. The van der Waals surface area contributed by atoms with Crippen molar-refractivity contribution in [1.82, 2.24) is 0 Å². The number of esters is 1. The van der Waals surface area contributed by atoms with Crippen molar-refractivity contribution in [3.63, 3.8) is 0 Å². The van der Waals surface area contributed by atoms with Crippen LogP contribution in [0.5, 0.6) is 0 Å². The Morgan fingerprint density at radius 1 is 1.18 bits per heavy atom. The number of amides is 2. The van der Waals surface area contributed by atoms with Crippen molar-refractivity contribution >= 4 is 34.1 Å². The van der Waals surface area contributed by atoms with Crippen LogP contribution in [0.3, 0.4) is 0 Å². The summed E-state index contributed by atoms with van der Waals surface area (Å²) in [4.78, 5) is 34.4. The molecule has 1 aromatic heterocycles. The normalized spacial score (nSPS) is 10.0. The molecule has 0 unspecified atom stereocenters. The van der Waals surface area contributed by atoms with Gasteiger partial charge in [-0.05, 0) is 35.7 Å². The van der Waals surface area contributed by atoms with Crippen LogP contribution in [0, 0.1) is 5.82 Å². The van der Waals surface area contributed by atoms with E-state index in [0.717, 1.165) is 23.5 Å². The van der Waals surface area contributed by atoms with Crippen LogP contribution in [0.15, 0.2) is 35.7 Å². The molecular weight excluding hydrogens is 311 g/mol. The molecule has 22 heavy (non-hydrogen) atoms. The first-order valence-corrected chi connectivity index (χ1v) is 6.95. The molecular formula is C14H11FN2O4S. The van der Waals surface area contributed by atoms with E-state index in [9.17, 15) is 18.8 Å². The van der Waals surface area contributed by atoms with E-state index >= 15 is 0 Å².